The van der Waals surface area contributed by atoms with Gasteiger partial charge < -0.3 is 5.32 Å². The van der Waals surface area contributed by atoms with Crippen molar-refractivity contribution in [2.24, 2.45) is 0 Å². The molecule has 1 amide bonds. The minimum absolute atomic E-state index is 0.0151. The van der Waals surface area contributed by atoms with Gasteiger partial charge in [-0.05, 0) is 78.9 Å². The molecule has 162 valence electrons. The fourth-order valence-electron chi connectivity index (χ4n) is 3.61. The maximum absolute atomic E-state index is 12.7. The average molecular weight is 495 g/mol. The highest BCUT2D eigenvalue weighted by Crippen LogP contribution is 2.27. The summed E-state index contributed by atoms with van der Waals surface area (Å²) < 4.78 is 0. The van der Waals surface area contributed by atoms with Crippen LogP contribution in [-0.2, 0) is 17.6 Å². The molecule has 0 aliphatic carbocycles. The molecule has 2 nitrogen and oxygen atoms in total. The van der Waals surface area contributed by atoms with Gasteiger partial charge in [0.25, 0.3) is 0 Å². The number of amides is 1. The third kappa shape index (κ3) is 7.43. The van der Waals surface area contributed by atoms with E-state index in [-0.39, 0.29) is 17.9 Å². The summed E-state index contributed by atoms with van der Waals surface area (Å²) in [6, 6.07) is 20.9. The summed E-state index contributed by atoms with van der Waals surface area (Å²) in [7, 11) is 0. The fourth-order valence-corrected chi connectivity index (χ4v) is 4.43. The van der Waals surface area contributed by atoms with Crippen LogP contribution in [-0.4, -0.2) is 11.9 Å². The van der Waals surface area contributed by atoms with Crippen molar-refractivity contribution in [2.45, 2.75) is 38.1 Å². The van der Waals surface area contributed by atoms with Crippen LogP contribution in [0.3, 0.4) is 0 Å². The first kappa shape index (κ1) is 23.9. The summed E-state index contributed by atoms with van der Waals surface area (Å²) in [5, 5.41) is 5.69. The summed E-state index contributed by atoms with van der Waals surface area (Å²) >= 11 is 24.2. The lowest BCUT2D eigenvalue weighted by molar-refractivity contribution is -0.121. The summed E-state index contributed by atoms with van der Waals surface area (Å²) in [6.07, 6.45) is 1.70. The lowest BCUT2D eigenvalue weighted by atomic mass is 9.86. The van der Waals surface area contributed by atoms with Gasteiger partial charge in [0.15, 0.2) is 0 Å². The molecule has 0 bridgehead atoms. The summed E-state index contributed by atoms with van der Waals surface area (Å²) in [5.41, 5.74) is 3.21. The van der Waals surface area contributed by atoms with Crippen molar-refractivity contribution in [3.8, 4) is 0 Å². The number of carbonyl (C=O) groups excluding carboxylic acids is 1. The zero-order valence-corrected chi connectivity index (χ0v) is 20.1. The molecule has 3 rings (SSSR count). The molecule has 0 spiro atoms. The van der Waals surface area contributed by atoms with Crippen LogP contribution in [0.15, 0.2) is 66.7 Å². The maximum atomic E-state index is 12.7. The topological polar surface area (TPSA) is 29.1 Å². The first-order valence-electron chi connectivity index (χ1n) is 10.0. The number of hydrogen-bond acceptors (Lipinski definition) is 1. The second-order valence-electron chi connectivity index (χ2n) is 7.62. The molecule has 0 unspecified atom stereocenters. The van der Waals surface area contributed by atoms with Gasteiger partial charge >= 0.3 is 0 Å². The number of nitrogens with one attached hydrogen (secondary N) is 1. The SMILES string of the molecule is C[C@@H](NC(=O)CCc1cc(Cl)cc(Cl)c1)[C@H](Cc1ccc(Cl)cc1)c1ccc(Cl)cc1. The number of aryl methyl sites for hydroxylation is 1. The molecule has 6 heteroatoms. The first-order valence-corrected chi connectivity index (χ1v) is 11.6. The van der Waals surface area contributed by atoms with Crippen LogP contribution in [0, 0.1) is 0 Å². The molecule has 0 saturated carbocycles. The second-order valence-corrected chi connectivity index (χ2v) is 9.37. The quantitative estimate of drug-likeness (QED) is 0.340. The molecule has 3 aromatic carbocycles. The van der Waals surface area contributed by atoms with Gasteiger partial charge in [-0.3, -0.25) is 4.79 Å². The maximum Gasteiger partial charge on any atom is 0.220 e. The summed E-state index contributed by atoms with van der Waals surface area (Å²) in [6.45, 7) is 2.03. The Labute approximate surface area is 203 Å². The smallest absolute Gasteiger partial charge is 0.220 e. The molecule has 0 heterocycles. The Morgan fingerprint density at radius 1 is 0.774 bits per heavy atom. The van der Waals surface area contributed by atoms with Crippen molar-refractivity contribution < 1.29 is 4.79 Å². The van der Waals surface area contributed by atoms with E-state index in [1.165, 1.54) is 0 Å². The van der Waals surface area contributed by atoms with Gasteiger partial charge in [-0.2, -0.15) is 0 Å². The van der Waals surface area contributed by atoms with Crippen molar-refractivity contribution in [3.63, 3.8) is 0 Å². The van der Waals surface area contributed by atoms with Crippen LogP contribution < -0.4 is 5.32 Å². The molecular weight excluding hydrogens is 472 g/mol. The zero-order valence-electron chi connectivity index (χ0n) is 17.0. The Balaban J connectivity index is 1.69. The molecule has 3 aromatic rings. The van der Waals surface area contributed by atoms with E-state index in [0.29, 0.717) is 32.9 Å². The van der Waals surface area contributed by atoms with E-state index in [4.69, 9.17) is 46.4 Å². The molecule has 0 fully saturated rings. The van der Waals surface area contributed by atoms with Gasteiger partial charge in [0.1, 0.15) is 0 Å². The molecule has 0 aliphatic heterocycles. The largest absolute Gasteiger partial charge is 0.353 e. The Kier molecular flexibility index (Phi) is 8.68. The number of rotatable bonds is 8. The van der Waals surface area contributed by atoms with Crippen molar-refractivity contribution in [2.75, 3.05) is 0 Å². The summed E-state index contributed by atoms with van der Waals surface area (Å²) in [5.74, 6) is 0.0710. The van der Waals surface area contributed by atoms with Gasteiger partial charge in [0, 0.05) is 38.5 Å². The molecule has 1 N–H and O–H groups in total. The predicted octanol–water partition coefficient (Wildman–Crippen LogP) is 7.76. The van der Waals surface area contributed by atoms with E-state index in [1.807, 2.05) is 67.6 Å². The van der Waals surface area contributed by atoms with Crippen LogP contribution in [0.2, 0.25) is 20.1 Å². The molecule has 0 saturated heterocycles. The molecule has 0 aliphatic rings. The van der Waals surface area contributed by atoms with Gasteiger partial charge in [-0.25, -0.2) is 0 Å². The van der Waals surface area contributed by atoms with E-state index >= 15 is 0 Å². The van der Waals surface area contributed by atoms with Crippen molar-refractivity contribution in [1.29, 1.82) is 0 Å². The first-order chi connectivity index (χ1) is 14.8. The number of benzene rings is 3. The lowest BCUT2D eigenvalue weighted by Gasteiger charge is -2.26. The third-order valence-electron chi connectivity index (χ3n) is 5.22. The minimum atomic E-state index is -0.0766. The second kappa shape index (κ2) is 11.2. The highest BCUT2D eigenvalue weighted by Gasteiger charge is 2.22. The zero-order chi connectivity index (χ0) is 22.4. The Morgan fingerprint density at radius 3 is 1.90 bits per heavy atom. The highest BCUT2D eigenvalue weighted by molar-refractivity contribution is 6.34. The third-order valence-corrected chi connectivity index (χ3v) is 6.16. The van der Waals surface area contributed by atoms with Crippen LogP contribution in [0.1, 0.15) is 36.0 Å². The number of hydrogen-bond donors (Lipinski definition) is 1. The van der Waals surface area contributed by atoms with Crippen molar-refractivity contribution >= 4 is 52.3 Å². The molecule has 2 atom stereocenters. The molecule has 0 radical (unpaired) electrons. The van der Waals surface area contributed by atoms with Crippen molar-refractivity contribution in [3.05, 3.63) is 104 Å². The minimum Gasteiger partial charge on any atom is -0.353 e. The lowest BCUT2D eigenvalue weighted by Crippen LogP contribution is -2.38. The van der Waals surface area contributed by atoms with Crippen LogP contribution in [0.25, 0.3) is 0 Å². The Morgan fingerprint density at radius 2 is 1.32 bits per heavy atom. The van der Waals surface area contributed by atoms with Gasteiger partial charge in [-0.1, -0.05) is 70.7 Å². The average Bonchev–Trinajstić information content (AvgIpc) is 2.72. The van der Waals surface area contributed by atoms with Crippen LogP contribution in [0.5, 0.6) is 0 Å². The van der Waals surface area contributed by atoms with Gasteiger partial charge in [-0.15, -0.1) is 0 Å². The van der Waals surface area contributed by atoms with E-state index in [0.717, 1.165) is 23.1 Å². The Hall–Kier alpha value is -1.71. The van der Waals surface area contributed by atoms with Gasteiger partial charge in [0.2, 0.25) is 5.91 Å². The monoisotopic (exact) mass is 493 g/mol. The van der Waals surface area contributed by atoms with E-state index in [1.54, 1.807) is 6.07 Å². The standard InChI is InChI=1S/C25H23Cl4NO/c1-16(30-25(31)11-4-18-12-22(28)15-23(29)13-18)24(19-5-9-21(27)10-6-19)14-17-2-7-20(26)8-3-17/h2-3,5-10,12-13,15-16,24H,4,11,14H2,1H3,(H,30,31)/t16-,24+/m1/s1. The van der Waals surface area contributed by atoms with Crippen LogP contribution >= 0.6 is 46.4 Å². The Bertz CT molecular complexity index is 998. The van der Waals surface area contributed by atoms with Gasteiger partial charge in [0.05, 0.1) is 0 Å². The number of halogens is 4. The predicted molar refractivity (Wildman–Crippen MR) is 132 cm³/mol. The van der Waals surface area contributed by atoms with Crippen LogP contribution in [0.4, 0.5) is 0 Å². The number of carbonyl (C=O) groups is 1. The van der Waals surface area contributed by atoms with E-state index in [9.17, 15) is 4.79 Å². The molecule has 31 heavy (non-hydrogen) atoms. The van der Waals surface area contributed by atoms with E-state index in [2.05, 4.69) is 5.32 Å². The van der Waals surface area contributed by atoms with Crippen molar-refractivity contribution in [1.82, 2.24) is 5.32 Å². The summed E-state index contributed by atoms with van der Waals surface area (Å²) in [4.78, 5) is 12.7. The normalized spacial score (nSPS) is 12.9. The fraction of sp³-hybridized carbons (Fsp3) is 0.240. The molecular formula is C25H23Cl4NO. The highest BCUT2D eigenvalue weighted by atomic mass is 35.5. The van der Waals surface area contributed by atoms with E-state index < -0.39 is 0 Å². The molecule has 0 aromatic heterocycles.